The van der Waals surface area contributed by atoms with E-state index in [0.29, 0.717) is 11.5 Å². The Labute approximate surface area is 87.7 Å². The van der Waals surface area contributed by atoms with Gasteiger partial charge in [0.25, 0.3) is 5.24 Å². The molecule has 0 aliphatic heterocycles. The first-order valence-corrected chi connectivity index (χ1v) is 4.74. The minimum atomic E-state index is -0.554. The maximum absolute atomic E-state index is 11.0. The standard InChI is InChI=1S/C10H10Cl2O/c1-3-8(7-4-5-7)9(6(2)11)10(12)13/h3,7H,1-2,4-5H2/b9-8-. The summed E-state index contributed by atoms with van der Waals surface area (Å²) in [5.41, 5.74) is 1.15. The Balaban J connectivity index is 3.10. The van der Waals surface area contributed by atoms with E-state index >= 15 is 0 Å². The van der Waals surface area contributed by atoms with Crippen LogP contribution in [0.2, 0.25) is 0 Å². The van der Waals surface area contributed by atoms with Crippen LogP contribution in [0.4, 0.5) is 0 Å². The van der Waals surface area contributed by atoms with E-state index in [4.69, 9.17) is 23.2 Å². The Morgan fingerprint density at radius 2 is 1.92 bits per heavy atom. The lowest BCUT2D eigenvalue weighted by Gasteiger charge is -2.05. The summed E-state index contributed by atoms with van der Waals surface area (Å²) in [5.74, 6) is 0.394. The summed E-state index contributed by atoms with van der Waals surface area (Å²) < 4.78 is 0. The van der Waals surface area contributed by atoms with Gasteiger partial charge in [0, 0.05) is 5.03 Å². The molecule has 0 aromatic heterocycles. The molecule has 1 fully saturated rings. The fraction of sp³-hybridized carbons (Fsp3) is 0.300. The van der Waals surface area contributed by atoms with Crippen LogP contribution in [-0.2, 0) is 4.79 Å². The van der Waals surface area contributed by atoms with Crippen LogP contribution in [0.15, 0.2) is 35.4 Å². The van der Waals surface area contributed by atoms with E-state index < -0.39 is 5.24 Å². The smallest absolute Gasteiger partial charge is 0.254 e. The van der Waals surface area contributed by atoms with Crippen molar-refractivity contribution in [1.82, 2.24) is 0 Å². The Morgan fingerprint density at radius 1 is 1.38 bits per heavy atom. The number of carbonyl (C=O) groups excluding carboxylic acids is 1. The van der Waals surface area contributed by atoms with Crippen LogP contribution in [0, 0.1) is 5.92 Å². The molecule has 0 spiro atoms. The first-order chi connectivity index (χ1) is 6.07. The number of hydrogen-bond acceptors (Lipinski definition) is 1. The molecule has 0 aromatic carbocycles. The van der Waals surface area contributed by atoms with Crippen molar-refractivity contribution in [2.45, 2.75) is 12.8 Å². The zero-order valence-electron chi connectivity index (χ0n) is 7.15. The molecule has 13 heavy (non-hydrogen) atoms. The SMILES string of the molecule is C=C/C(=C(\C(=C)Cl)C(=O)Cl)C1CC1. The van der Waals surface area contributed by atoms with Crippen LogP contribution in [0.1, 0.15) is 12.8 Å². The van der Waals surface area contributed by atoms with Crippen molar-refractivity contribution < 1.29 is 4.79 Å². The van der Waals surface area contributed by atoms with Crippen LogP contribution in [-0.4, -0.2) is 5.24 Å². The fourth-order valence-corrected chi connectivity index (χ4v) is 1.71. The molecule has 1 aliphatic rings. The van der Waals surface area contributed by atoms with Gasteiger partial charge in [-0.1, -0.05) is 30.8 Å². The van der Waals surface area contributed by atoms with Crippen molar-refractivity contribution in [2.75, 3.05) is 0 Å². The molecule has 3 heteroatoms. The van der Waals surface area contributed by atoms with Crippen molar-refractivity contribution in [3.63, 3.8) is 0 Å². The normalized spacial score (nSPS) is 17.7. The van der Waals surface area contributed by atoms with Gasteiger partial charge in [0.05, 0.1) is 5.57 Å². The lowest BCUT2D eigenvalue weighted by molar-refractivity contribution is -0.108. The zero-order chi connectivity index (χ0) is 10.0. The topological polar surface area (TPSA) is 17.1 Å². The van der Waals surface area contributed by atoms with E-state index in [2.05, 4.69) is 13.2 Å². The van der Waals surface area contributed by atoms with Gasteiger partial charge in [0.1, 0.15) is 0 Å². The second-order valence-electron chi connectivity index (χ2n) is 2.99. The molecule has 0 unspecified atom stereocenters. The summed E-state index contributed by atoms with van der Waals surface area (Å²) in [6, 6.07) is 0. The number of carbonyl (C=O) groups is 1. The summed E-state index contributed by atoms with van der Waals surface area (Å²) in [4.78, 5) is 11.0. The lowest BCUT2D eigenvalue weighted by Crippen LogP contribution is -1.99. The number of hydrogen-bond donors (Lipinski definition) is 0. The third-order valence-electron chi connectivity index (χ3n) is 1.99. The average Bonchev–Trinajstić information content (AvgIpc) is 2.80. The maximum Gasteiger partial charge on any atom is 0.254 e. The highest BCUT2D eigenvalue weighted by molar-refractivity contribution is 6.69. The molecule has 1 saturated carbocycles. The average molecular weight is 217 g/mol. The Kier molecular flexibility index (Phi) is 3.34. The summed E-state index contributed by atoms with van der Waals surface area (Å²) in [6.07, 6.45) is 3.78. The van der Waals surface area contributed by atoms with Gasteiger partial charge in [0.2, 0.25) is 0 Å². The molecule has 0 heterocycles. The number of halogens is 2. The largest absolute Gasteiger partial charge is 0.276 e. The van der Waals surface area contributed by atoms with E-state index in [0.717, 1.165) is 18.4 Å². The molecule has 0 amide bonds. The van der Waals surface area contributed by atoms with E-state index in [1.807, 2.05) is 0 Å². The molecule has 0 radical (unpaired) electrons. The molecule has 1 nitrogen and oxygen atoms in total. The molecule has 0 atom stereocenters. The highest BCUT2D eigenvalue weighted by atomic mass is 35.5. The Hall–Kier alpha value is -0.530. The second-order valence-corrected chi connectivity index (χ2v) is 3.79. The summed E-state index contributed by atoms with van der Waals surface area (Å²) in [5, 5.41) is -0.358. The maximum atomic E-state index is 11.0. The van der Waals surface area contributed by atoms with Gasteiger partial charge in [-0.2, -0.15) is 0 Å². The van der Waals surface area contributed by atoms with Gasteiger partial charge in [-0.25, -0.2) is 0 Å². The molecule has 0 saturated heterocycles. The highest BCUT2D eigenvalue weighted by Crippen LogP contribution is 2.40. The van der Waals surface area contributed by atoms with Gasteiger partial charge < -0.3 is 0 Å². The number of rotatable bonds is 4. The molecule has 0 bridgehead atoms. The van der Waals surface area contributed by atoms with E-state index in [9.17, 15) is 4.79 Å². The Morgan fingerprint density at radius 3 is 2.15 bits per heavy atom. The quantitative estimate of drug-likeness (QED) is 0.400. The Bertz CT molecular complexity index is 282. The first kappa shape index (κ1) is 10.6. The highest BCUT2D eigenvalue weighted by Gasteiger charge is 2.28. The summed E-state index contributed by atoms with van der Waals surface area (Å²) in [7, 11) is 0. The predicted molar refractivity (Wildman–Crippen MR) is 55.8 cm³/mol. The molecule has 0 aromatic rings. The van der Waals surface area contributed by atoms with Crippen molar-refractivity contribution >= 4 is 28.4 Å². The molecule has 0 N–H and O–H groups in total. The summed E-state index contributed by atoms with van der Waals surface area (Å²) in [6.45, 7) is 7.15. The fourth-order valence-electron chi connectivity index (χ4n) is 1.24. The second kappa shape index (κ2) is 4.12. The van der Waals surface area contributed by atoms with Crippen molar-refractivity contribution in [3.05, 3.63) is 35.4 Å². The zero-order valence-corrected chi connectivity index (χ0v) is 8.66. The minimum Gasteiger partial charge on any atom is -0.276 e. The van der Waals surface area contributed by atoms with E-state index in [-0.39, 0.29) is 5.03 Å². The van der Waals surface area contributed by atoms with Gasteiger partial charge >= 0.3 is 0 Å². The van der Waals surface area contributed by atoms with Gasteiger partial charge in [-0.3, -0.25) is 4.79 Å². The molecule has 70 valence electrons. The van der Waals surface area contributed by atoms with Crippen molar-refractivity contribution in [1.29, 1.82) is 0 Å². The third kappa shape index (κ3) is 2.45. The van der Waals surface area contributed by atoms with E-state index in [1.165, 1.54) is 0 Å². The predicted octanol–water partition coefficient (Wildman–Crippen LogP) is 3.40. The molecular weight excluding hydrogens is 207 g/mol. The molecular formula is C10H10Cl2O. The van der Waals surface area contributed by atoms with Crippen molar-refractivity contribution in [2.24, 2.45) is 5.92 Å². The van der Waals surface area contributed by atoms with Gasteiger partial charge in [0.15, 0.2) is 0 Å². The van der Waals surface area contributed by atoms with Crippen LogP contribution < -0.4 is 0 Å². The third-order valence-corrected chi connectivity index (χ3v) is 2.37. The number of allylic oxidation sites excluding steroid dienone is 4. The molecule has 1 rings (SSSR count). The van der Waals surface area contributed by atoms with Crippen molar-refractivity contribution in [3.8, 4) is 0 Å². The monoisotopic (exact) mass is 216 g/mol. The van der Waals surface area contributed by atoms with E-state index in [1.54, 1.807) is 6.08 Å². The van der Waals surface area contributed by atoms with Gasteiger partial charge in [-0.15, -0.1) is 0 Å². The van der Waals surface area contributed by atoms with Crippen LogP contribution in [0.5, 0.6) is 0 Å². The van der Waals surface area contributed by atoms with Crippen LogP contribution in [0.3, 0.4) is 0 Å². The van der Waals surface area contributed by atoms with Gasteiger partial charge in [-0.05, 0) is 35.9 Å². The summed E-state index contributed by atoms with van der Waals surface area (Å²) >= 11 is 11.1. The van der Waals surface area contributed by atoms with Crippen LogP contribution >= 0.6 is 23.2 Å². The van der Waals surface area contributed by atoms with Crippen LogP contribution in [0.25, 0.3) is 0 Å². The molecule has 1 aliphatic carbocycles. The minimum absolute atomic E-state index is 0.196. The first-order valence-electron chi connectivity index (χ1n) is 3.99. The lowest BCUT2D eigenvalue weighted by atomic mass is 10.0.